The maximum atomic E-state index is 11.8. The van der Waals surface area contributed by atoms with E-state index < -0.39 is 15.7 Å². The van der Waals surface area contributed by atoms with E-state index >= 15 is 0 Å². The molecule has 0 spiro atoms. The second-order valence-corrected chi connectivity index (χ2v) is 5.51. The zero-order valence-corrected chi connectivity index (χ0v) is 10.6. The molecule has 0 aliphatic rings. The van der Waals surface area contributed by atoms with Crippen molar-refractivity contribution < 1.29 is 18.0 Å². The molecule has 17 heavy (non-hydrogen) atoms. The second kappa shape index (κ2) is 5.79. The first kappa shape index (κ1) is 13.7. The number of amides is 1. The smallest absolute Gasteiger partial charge is 0.274 e. The van der Waals surface area contributed by atoms with Gasteiger partial charge in [-0.05, 0) is 19.1 Å². The molecule has 0 aliphatic heterocycles. The molecule has 1 rings (SSSR count). The largest absolute Gasteiger partial charge is 0.276 e. The molecule has 5 nitrogen and oxygen atoms in total. The molecule has 0 saturated carbocycles. The Morgan fingerprint density at radius 2 is 1.94 bits per heavy atom. The molecule has 0 fully saturated rings. The molecule has 0 saturated heterocycles. The van der Waals surface area contributed by atoms with Gasteiger partial charge in [-0.15, -0.1) is 0 Å². The third-order valence-electron chi connectivity index (χ3n) is 2.16. The summed E-state index contributed by atoms with van der Waals surface area (Å²) in [6.07, 6.45) is 0. The molecular weight excluding hydrogens is 242 g/mol. The lowest BCUT2D eigenvalue weighted by Crippen LogP contribution is -2.25. The molecule has 0 radical (unpaired) electrons. The lowest BCUT2D eigenvalue weighted by molar-refractivity contribution is 0.0361. The molecule has 0 bridgehead atoms. The Kier molecular flexibility index (Phi) is 4.65. The number of nitrogens with one attached hydrogen (secondary N) is 1. The van der Waals surface area contributed by atoms with Crippen LogP contribution < -0.4 is 5.48 Å². The van der Waals surface area contributed by atoms with Gasteiger partial charge in [-0.25, -0.2) is 13.9 Å². The summed E-state index contributed by atoms with van der Waals surface area (Å²) in [5.74, 6) is -0.606. The van der Waals surface area contributed by atoms with Crippen molar-refractivity contribution in [3.63, 3.8) is 0 Å². The predicted molar refractivity (Wildman–Crippen MR) is 63.3 cm³/mol. The highest BCUT2D eigenvalue weighted by atomic mass is 32.2. The minimum Gasteiger partial charge on any atom is -0.274 e. The van der Waals surface area contributed by atoms with Crippen molar-refractivity contribution in [1.82, 2.24) is 5.48 Å². The number of benzene rings is 1. The normalized spacial score (nSPS) is 11.2. The van der Waals surface area contributed by atoms with Crippen LogP contribution in [0.4, 0.5) is 0 Å². The quantitative estimate of drug-likeness (QED) is 0.803. The fourth-order valence-electron chi connectivity index (χ4n) is 1.27. The first-order chi connectivity index (χ1) is 8.03. The minimum atomic E-state index is -3.42. The van der Waals surface area contributed by atoms with Crippen LogP contribution >= 0.6 is 0 Å². The Bertz CT molecular complexity index is 496. The van der Waals surface area contributed by atoms with Gasteiger partial charge in [-0.3, -0.25) is 9.63 Å². The molecule has 94 valence electrons. The van der Waals surface area contributed by atoms with Gasteiger partial charge in [0.25, 0.3) is 5.91 Å². The summed E-state index contributed by atoms with van der Waals surface area (Å²) in [5, 5.41) is 0. The molecule has 6 heteroatoms. The van der Waals surface area contributed by atoms with Crippen LogP contribution in [0.1, 0.15) is 24.2 Å². The van der Waals surface area contributed by atoms with E-state index in [1.165, 1.54) is 19.1 Å². The Balaban J connectivity index is 3.13. The molecule has 1 N–H and O–H groups in total. The first-order valence-corrected chi connectivity index (χ1v) is 6.92. The van der Waals surface area contributed by atoms with E-state index in [2.05, 4.69) is 5.48 Å². The van der Waals surface area contributed by atoms with Crippen LogP contribution in [0.15, 0.2) is 29.2 Å². The molecule has 0 unspecified atom stereocenters. The van der Waals surface area contributed by atoms with Gasteiger partial charge in [0, 0.05) is 0 Å². The summed E-state index contributed by atoms with van der Waals surface area (Å²) in [6.45, 7) is 3.57. The summed E-state index contributed by atoms with van der Waals surface area (Å²) in [7, 11) is -3.42. The van der Waals surface area contributed by atoms with Gasteiger partial charge in [0.1, 0.15) is 0 Å². The Morgan fingerprint density at radius 1 is 1.29 bits per heavy atom. The van der Waals surface area contributed by atoms with Gasteiger partial charge in [-0.1, -0.05) is 19.1 Å². The number of carbonyl (C=O) groups excluding carboxylic acids is 1. The van der Waals surface area contributed by atoms with Gasteiger partial charge >= 0.3 is 0 Å². The van der Waals surface area contributed by atoms with Crippen molar-refractivity contribution in [3.05, 3.63) is 29.8 Å². The van der Waals surface area contributed by atoms with Crippen LogP contribution in [0, 0.1) is 0 Å². The van der Waals surface area contributed by atoms with Gasteiger partial charge < -0.3 is 0 Å². The van der Waals surface area contributed by atoms with Crippen LogP contribution in [0.5, 0.6) is 0 Å². The van der Waals surface area contributed by atoms with E-state index in [1.54, 1.807) is 19.1 Å². The van der Waals surface area contributed by atoms with Crippen molar-refractivity contribution in [2.24, 2.45) is 0 Å². The van der Waals surface area contributed by atoms with Crippen LogP contribution in [-0.2, 0) is 14.7 Å². The third kappa shape index (κ3) is 3.28. The molecule has 0 aromatic heterocycles. The van der Waals surface area contributed by atoms with Crippen molar-refractivity contribution in [1.29, 1.82) is 0 Å². The van der Waals surface area contributed by atoms with E-state index in [0.29, 0.717) is 6.61 Å². The van der Waals surface area contributed by atoms with Crippen LogP contribution in [-0.4, -0.2) is 26.7 Å². The Morgan fingerprint density at radius 3 is 2.53 bits per heavy atom. The van der Waals surface area contributed by atoms with Crippen LogP contribution in [0.2, 0.25) is 0 Å². The van der Waals surface area contributed by atoms with E-state index in [-0.39, 0.29) is 16.2 Å². The number of hydroxylamine groups is 1. The topological polar surface area (TPSA) is 72.5 Å². The van der Waals surface area contributed by atoms with E-state index in [0.717, 1.165) is 0 Å². The second-order valence-electron chi connectivity index (χ2n) is 3.26. The molecule has 0 atom stereocenters. The lowest BCUT2D eigenvalue weighted by Gasteiger charge is -2.09. The maximum Gasteiger partial charge on any atom is 0.276 e. The summed E-state index contributed by atoms with van der Waals surface area (Å²) in [6, 6.07) is 6.06. The van der Waals surface area contributed by atoms with Crippen molar-refractivity contribution >= 4 is 15.7 Å². The van der Waals surface area contributed by atoms with Gasteiger partial charge in [-0.2, -0.15) is 0 Å². The highest BCUT2D eigenvalue weighted by Crippen LogP contribution is 2.16. The predicted octanol–water partition coefficient (Wildman–Crippen LogP) is 1.16. The summed E-state index contributed by atoms with van der Waals surface area (Å²) in [4.78, 5) is 16.5. The summed E-state index contributed by atoms with van der Waals surface area (Å²) in [5.41, 5.74) is 2.28. The first-order valence-electron chi connectivity index (χ1n) is 5.26. The average molecular weight is 257 g/mol. The highest BCUT2D eigenvalue weighted by Gasteiger charge is 2.20. The summed E-state index contributed by atoms with van der Waals surface area (Å²) < 4.78 is 23.6. The number of sulfone groups is 1. The number of carbonyl (C=O) groups is 1. The Labute approximate surface area is 101 Å². The Hall–Kier alpha value is -1.40. The number of rotatable bonds is 5. The number of hydrogen-bond acceptors (Lipinski definition) is 4. The van der Waals surface area contributed by atoms with E-state index in [4.69, 9.17) is 4.84 Å². The summed E-state index contributed by atoms with van der Waals surface area (Å²) >= 11 is 0. The fourth-order valence-corrected chi connectivity index (χ4v) is 2.37. The molecule has 0 heterocycles. The highest BCUT2D eigenvalue weighted by molar-refractivity contribution is 7.91. The zero-order valence-electron chi connectivity index (χ0n) is 9.76. The average Bonchev–Trinajstić information content (AvgIpc) is 2.36. The van der Waals surface area contributed by atoms with Gasteiger partial charge in [0.05, 0.1) is 22.8 Å². The molecule has 1 aromatic rings. The van der Waals surface area contributed by atoms with Gasteiger partial charge in [0.2, 0.25) is 0 Å². The van der Waals surface area contributed by atoms with Crippen molar-refractivity contribution in [2.45, 2.75) is 18.7 Å². The van der Waals surface area contributed by atoms with Crippen LogP contribution in [0.3, 0.4) is 0 Å². The third-order valence-corrected chi connectivity index (χ3v) is 3.94. The molecule has 1 aromatic carbocycles. The van der Waals surface area contributed by atoms with E-state index in [1.807, 2.05) is 0 Å². The van der Waals surface area contributed by atoms with Gasteiger partial charge in [0.15, 0.2) is 9.84 Å². The fraction of sp³-hybridized carbons (Fsp3) is 0.364. The number of hydrogen-bond donors (Lipinski definition) is 1. The molecule has 1 amide bonds. The van der Waals surface area contributed by atoms with E-state index in [9.17, 15) is 13.2 Å². The maximum absolute atomic E-state index is 11.8. The lowest BCUT2D eigenvalue weighted by atomic mass is 10.2. The standard InChI is InChI=1S/C11H15NO4S/c1-3-16-12-11(13)9-7-5-6-8-10(9)17(14,15)4-2/h5-8H,3-4H2,1-2H3,(H,12,13). The molecule has 0 aliphatic carbocycles. The SMILES string of the molecule is CCONC(=O)c1ccccc1S(=O)(=O)CC. The zero-order chi connectivity index (χ0) is 12.9. The van der Waals surface area contributed by atoms with Crippen molar-refractivity contribution in [2.75, 3.05) is 12.4 Å². The molecular formula is C11H15NO4S. The monoisotopic (exact) mass is 257 g/mol. The van der Waals surface area contributed by atoms with Crippen molar-refractivity contribution in [3.8, 4) is 0 Å². The van der Waals surface area contributed by atoms with Crippen LogP contribution in [0.25, 0.3) is 0 Å². The minimum absolute atomic E-state index is 0.0275.